The van der Waals surface area contributed by atoms with Crippen LogP contribution < -0.4 is 10.6 Å². The van der Waals surface area contributed by atoms with Crippen LogP contribution in [0.5, 0.6) is 0 Å². The monoisotopic (exact) mass is 845 g/mol. The van der Waals surface area contributed by atoms with Gasteiger partial charge in [0.2, 0.25) is 11.8 Å². The van der Waals surface area contributed by atoms with Crippen LogP contribution in [-0.4, -0.2) is 164 Å². The highest BCUT2D eigenvalue weighted by Crippen LogP contribution is 2.12. The molecule has 1 unspecified atom stereocenters. The van der Waals surface area contributed by atoms with Crippen LogP contribution in [0.25, 0.3) is 0 Å². The first kappa shape index (κ1) is 52.2. The maximum atomic E-state index is 13.4. The highest BCUT2D eigenvalue weighted by atomic mass is 16.6. The lowest BCUT2D eigenvalue weighted by atomic mass is 10.1. The van der Waals surface area contributed by atoms with E-state index in [1.54, 1.807) is 0 Å². The van der Waals surface area contributed by atoms with Crippen molar-refractivity contribution in [3.63, 3.8) is 0 Å². The molecule has 0 aromatic heterocycles. The quantitative estimate of drug-likeness (QED) is 0.0900. The van der Waals surface area contributed by atoms with Gasteiger partial charge in [0, 0.05) is 65.3 Å². The second-order valence-corrected chi connectivity index (χ2v) is 18.9. The van der Waals surface area contributed by atoms with Gasteiger partial charge in [-0.2, -0.15) is 0 Å². The summed E-state index contributed by atoms with van der Waals surface area (Å²) in [6, 6.07) is 7.64. The van der Waals surface area contributed by atoms with E-state index in [9.17, 15) is 28.8 Å². The molecule has 2 N–H and O–H groups in total. The van der Waals surface area contributed by atoms with Crippen LogP contribution in [-0.2, 0) is 49.4 Å². The number of nitrogens with one attached hydrogen (secondary N) is 2. The molecular weight excluding hydrogens is 769 g/mol. The molecule has 1 aliphatic rings. The summed E-state index contributed by atoms with van der Waals surface area (Å²) >= 11 is 0. The van der Waals surface area contributed by atoms with Crippen molar-refractivity contribution in [3.05, 3.63) is 35.4 Å². The summed E-state index contributed by atoms with van der Waals surface area (Å²) < 4.78 is 16.9. The number of aryl methyl sites for hydroxylation is 2. The third-order valence-corrected chi connectivity index (χ3v) is 9.38. The Morgan fingerprint density at radius 3 is 1.38 bits per heavy atom. The minimum absolute atomic E-state index is 0.000812. The Morgan fingerprint density at radius 2 is 1.00 bits per heavy atom. The minimum Gasteiger partial charge on any atom is -0.459 e. The number of carbonyl (C=O) groups is 6. The van der Waals surface area contributed by atoms with Gasteiger partial charge in [0.15, 0.2) is 0 Å². The Hall–Kier alpha value is -3.92. The number of aldehydes is 1. The molecule has 2 amide bonds. The van der Waals surface area contributed by atoms with Crippen LogP contribution in [0.1, 0.15) is 106 Å². The van der Waals surface area contributed by atoms with Crippen LogP contribution in [0.2, 0.25) is 0 Å². The molecule has 0 radical (unpaired) electrons. The summed E-state index contributed by atoms with van der Waals surface area (Å²) in [5, 5.41) is 5.82. The lowest BCUT2D eigenvalue weighted by Gasteiger charge is -2.34. The van der Waals surface area contributed by atoms with Gasteiger partial charge in [-0.05, 0) is 107 Å². The van der Waals surface area contributed by atoms with Gasteiger partial charge in [-0.25, -0.2) is 0 Å². The first-order valence-electron chi connectivity index (χ1n) is 21.6. The predicted molar refractivity (Wildman–Crippen MR) is 232 cm³/mol. The first-order valence-corrected chi connectivity index (χ1v) is 21.6. The topological polar surface area (TPSA) is 167 Å². The zero-order chi connectivity index (χ0) is 44.9. The zero-order valence-electron chi connectivity index (χ0n) is 38.4. The Kier molecular flexibility index (Phi) is 22.4. The van der Waals surface area contributed by atoms with E-state index in [1.165, 1.54) is 11.1 Å². The smallest absolute Gasteiger partial charge is 0.320 e. The number of benzene rings is 1. The summed E-state index contributed by atoms with van der Waals surface area (Å²) in [5.41, 5.74) is 0.430. The van der Waals surface area contributed by atoms with E-state index in [0.29, 0.717) is 84.6 Å². The molecule has 1 aromatic rings. The third kappa shape index (κ3) is 25.6. The van der Waals surface area contributed by atoms with E-state index >= 15 is 0 Å². The fourth-order valence-corrected chi connectivity index (χ4v) is 6.52. The van der Waals surface area contributed by atoms with Crippen molar-refractivity contribution in [2.24, 2.45) is 0 Å². The number of rotatable bonds is 19. The SMILES string of the molecule is Cc1ccc(CCCC(=O)NCCCCC(C=O)NC(=O)CN2CCN(CC(=O)OC(C)(C)C)CCN(CC(=O)OC(C)(C)C)CCN(CC(=O)OC(C)(C)C)CC2)cc1. The van der Waals surface area contributed by atoms with Crippen molar-refractivity contribution in [1.29, 1.82) is 0 Å². The number of hydrogen-bond donors (Lipinski definition) is 2. The summed E-state index contributed by atoms with van der Waals surface area (Å²) in [6.45, 7) is 22.3. The molecule has 1 heterocycles. The van der Waals surface area contributed by atoms with Gasteiger partial charge < -0.3 is 29.6 Å². The standard InChI is InChI=1S/C45H76N6O9/c1-35-17-19-36(20-18-35)14-13-16-38(53)46-21-12-11-15-37(34-52)47-39(54)30-48-22-24-49(31-40(55)58-43(2,3)4)26-28-51(33-42(57)60-45(8,9)10)29-27-50(25-23-48)32-41(56)59-44(5,6)7/h17-20,34,37H,11-16,21-33H2,1-10H3,(H,46,53)(H,47,54). The van der Waals surface area contributed by atoms with Gasteiger partial charge in [-0.1, -0.05) is 29.8 Å². The maximum absolute atomic E-state index is 13.4. The summed E-state index contributed by atoms with van der Waals surface area (Å²) in [4.78, 5) is 84.6. The van der Waals surface area contributed by atoms with Crippen molar-refractivity contribution >= 4 is 36.0 Å². The average Bonchev–Trinajstić information content (AvgIpc) is 3.10. The molecule has 1 aliphatic heterocycles. The Bertz CT molecular complexity index is 1450. The number of esters is 3. The van der Waals surface area contributed by atoms with E-state index in [1.807, 2.05) is 88.8 Å². The van der Waals surface area contributed by atoms with Gasteiger partial charge in [0.1, 0.15) is 23.1 Å². The molecule has 0 spiro atoms. The number of nitrogens with zero attached hydrogens (tertiary/aromatic N) is 4. The lowest BCUT2D eigenvalue weighted by molar-refractivity contribution is -0.158. The van der Waals surface area contributed by atoms with Gasteiger partial charge in [-0.3, -0.25) is 43.6 Å². The highest BCUT2D eigenvalue weighted by Gasteiger charge is 2.26. The number of unbranched alkanes of at least 4 members (excludes halogenated alkanes) is 1. The van der Waals surface area contributed by atoms with Crippen molar-refractivity contribution in [3.8, 4) is 0 Å². The highest BCUT2D eigenvalue weighted by molar-refractivity contribution is 5.81. The number of ether oxygens (including phenoxy) is 3. The average molecular weight is 845 g/mol. The normalized spacial score (nSPS) is 16.4. The van der Waals surface area contributed by atoms with Crippen molar-refractivity contribution in [1.82, 2.24) is 30.2 Å². The minimum atomic E-state index is -0.682. The zero-order valence-corrected chi connectivity index (χ0v) is 38.4. The molecule has 0 saturated carbocycles. The van der Waals surface area contributed by atoms with Gasteiger partial charge >= 0.3 is 17.9 Å². The van der Waals surface area contributed by atoms with Crippen LogP contribution in [0.3, 0.4) is 0 Å². The van der Waals surface area contributed by atoms with Crippen LogP contribution in [0, 0.1) is 6.92 Å². The molecule has 1 aromatic carbocycles. The summed E-state index contributed by atoms with van der Waals surface area (Å²) in [6.07, 6.45) is 4.55. The van der Waals surface area contributed by atoms with E-state index in [0.717, 1.165) is 19.1 Å². The van der Waals surface area contributed by atoms with Crippen LogP contribution in [0.4, 0.5) is 0 Å². The van der Waals surface area contributed by atoms with E-state index in [-0.39, 0.29) is 55.9 Å². The van der Waals surface area contributed by atoms with Crippen molar-refractivity contribution < 1.29 is 43.0 Å². The molecule has 340 valence electrons. The maximum Gasteiger partial charge on any atom is 0.320 e. The summed E-state index contributed by atoms with van der Waals surface area (Å²) in [7, 11) is 0. The molecule has 60 heavy (non-hydrogen) atoms. The van der Waals surface area contributed by atoms with Gasteiger partial charge in [0.25, 0.3) is 0 Å². The molecule has 1 fully saturated rings. The predicted octanol–water partition coefficient (Wildman–Crippen LogP) is 3.53. The van der Waals surface area contributed by atoms with Crippen molar-refractivity contribution in [2.75, 3.05) is 85.1 Å². The molecule has 1 atom stereocenters. The van der Waals surface area contributed by atoms with E-state index < -0.39 is 22.8 Å². The van der Waals surface area contributed by atoms with Gasteiger partial charge in [0.05, 0.1) is 32.2 Å². The number of carbonyl (C=O) groups excluding carboxylic acids is 6. The molecule has 0 aliphatic carbocycles. The molecule has 15 nitrogen and oxygen atoms in total. The van der Waals surface area contributed by atoms with Gasteiger partial charge in [-0.15, -0.1) is 0 Å². The van der Waals surface area contributed by atoms with E-state index in [2.05, 4.69) is 34.9 Å². The molecule has 1 saturated heterocycles. The third-order valence-electron chi connectivity index (χ3n) is 9.38. The van der Waals surface area contributed by atoms with Crippen molar-refractivity contribution in [2.45, 2.75) is 131 Å². The molecular formula is C45H76N6O9. The van der Waals surface area contributed by atoms with Crippen LogP contribution >= 0.6 is 0 Å². The van der Waals surface area contributed by atoms with E-state index in [4.69, 9.17) is 14.2 Å². The fourth-order valence-electron chi connectivity index (χ4n) is 6.52. The Labute approximate surface area is 359 Å². The van der Waals surface area contributed by atoms with Crippen LogP contribution in [0.15, 0.2) is 24.3 Å². The lowest BCUT2D eigenvalue weighted by Crippen LogP contribution is -2.51. The second kappa shape index (κ2) is 25.8. The number of amides is 2. The Balaban J connectivity index is 2.07. The Morgan fingerprint density at radius 1 is 0.600 bits per heavy atom. The fraction of sp³-hybridized carbons (Fsp3) is 0.733. The molecule has 0 bridgehead atoms. The largest absolute Gasteiger partial charge is 0.459 e. The summed E-state index contributed by atoms with van der Waals surface area (Å²) in [5.74, 6) is -1.45. The number of hydrogen-bond acceptors (Lipinski definition) is 13. The molecule has 15 heteroatoms. The second-order valence-electron chi connectivity index (χ2n) is 18.9. The molecule has 2 rings (SSSR count). The first-order chi connectivity index (χ1) is 28.0.